The Labute approximate surface area is 180 Å². The van der Waals surface area contributed by atoms with Crippen LogP contribution in [-0.4, -0.2) is 44.9 Å². The van der Waals surface area contributed by atoms with Crippen molar-refractivity contribution >= 4 is 22.7 Å². The van der Waals surface area contributed by atoms with Gasteiger partial charge in [-0.05, 0) is 47.7 Å². The maximum Gasteiger partial charge on any atom is 0.227 e. The van der Waals surface area contributed by atoms with E-state index in [2.05, 4.69) is 29.6 Å². The molecule has 0 aliphatic heterocycles. The molecule has 0 atom stereocenters. The number of nitrogens with one attached hydrogen (secondary N) is 1. The lowest BCUT2D eigenvalue weighted by Gasteiger charge is -2.15. The third-order valence-electron chi connectivity index (χ3n) is 5.54. The average molecular weight is 415 g/mol. The van der Waals surface area contributed by atoms with Crippen LogP contribution in [0.15, 0.2) is 54.6 Å². The first-order valence-corrected chi connectivity index (χ1v) is 10.4. The zero-order chi connectivity index (χ0) is 21.5. The summed E-state index contributed by atoms with van der Waals surface area (Å²) in [5.74, 6) is 1.64. The second-order valence-corrected chi connectivity index (χ2v) is 8.25. The van der Waals surface area contributed by atoms with E-state index in [-0.39, 0.29) is 11.8 Å². The van der Waals surface area contributed by atoms with E-state index >= 15 is 0 Å². The highest BCUT2D eigenvalue weighted by atomic mass is 16.3. The molecular weight excluding hydrogens is 390 g/mol. The van der Waals surface area contributed by atoms with Crippen LogP contribution in [0, 0.1) is 0 Å². The van der Waals surface area contributed by atoms with E-state index in [1.54, 1.807) is 0 Å². The first kappa shape index (κ1) is 19.2. The molecule has 158 valence electrons. The first-order chi connectivity index (χ1) is 15.0. The molecule has 3 N–H and O–H groups in total. The van der Waals surface area contributed by atoms with Gasteiger partial charge in [0.2, 0.25) is 5.95 Å². The largest absolute Gasteiger partial charge is 0.494 e. The molecule has 0 unspecified atom stereocenters. The van der Waals surface area contributed by atoms with Crippen molar-refractivity contribution in [1.82, 2.24) is 14.5 Å². The van der Waals surface area contributed by atoms with Crippen LogP contribution in [0.2, 0.25) is 0 Å². The molecule has 0 amide bonds. The van der Waals surface area contributed by atoms with Crippen LogP contribution >= 0.6 is 0 Å². The topological polar surface area (TPSA) is 86.4 Å². The minimum absolute atomic E-state index is 0.0400. The smallest absolute Gasteiger partial charge is 0.227 e. The summed E-state index contributed by atoms with van der Waals surface area (Å²) in [6.45, 7) is 0.385. The van der Waals surface area contributed by atoms with Gasteiger partial charge in [0.15, 0.2) is 11.8 Å². The van der Waals surface area contributed by atoms with Crippen LogP contribution in [0.4, 0.5) is 11.8 Å². The Kier molecular flexibility index (Phi) is 4.66. The number of rotatable bonds is 6. The summed E-state index contributed by atoms with van der Waals surface area (Å²) in [4.78, 5) is 11.4. The number of benzene rings is 2. The van der Waals surface area contributed by atoms with Gasteiger partial charge in [-0.25, -0.2) is 4.98 Å². The van der Waals surface area contributed by atoms with Gasteiger partial charge in [0.25, 0.3) is 0 Å². The molecule has 7 heteroatoms. The maximum absolute atomic E-state index is 9.94. The number of hydrogen-bond acceptors (Lipinski definition) is 6. The van der Waals surface area contributed by atoms with Crippen molar-refractivity contribution in [2.45, 2.75) is 25.4 Å². The molecule has 0 bridgehead atoms. The predicted octanol–water partition coefficient (Wildman–Crippen LogP) is 4.20. The van der Waals surface area contributed by atoms with Gasteiger partial charge in [-0.1, -0.05) is 24.3 Å². The molecule has 0 spiro atoms. The van der Waals surface area contributed by atoms with E-state index in [9.17, 15) is 10.2 Å². The van der Waals surface area contributed by atoms with Crippen LogP contribution in [0.5, 0.6) is 11.8 Å². The number of aromatic nitrogens is 3. The lowest BCUT2D eigenvalue weighted by molar-refractivity contribution is 0.377. The lowest BCUT2D eigenvalue weighted by atomic mass is 10.0. The molecule has 0 saturated heterocycles. The Morgan fingerprint density at radius 1 is 0.968 bits per heavy atom. The van der Waals surface area contributed by atoms with Crippen molar-refractivity contribution in [3.8, 4) is 22.9 Å². The number of nitrogens with zero attached hydrogens (tertiary/aromatic N) is 4. The summed E-state index contributed by atoms with van der Waals surface area (Å²) < 4.78 is 1.47. The maximum atomic E-state index is 9.94. The second kappa shape index (κ2) is 7.50. The van der Waals surface area contributed by atoms with Crippen LogP contribution in [0.25, 0.3) is 22.0 Å². The molecule has 1 aliphatic carbocycles. The van der Waals surface area contributed by atoms with Crippen molar-refractivity contribution in [3.63, 3.8) is 0 Å². The van der Waals surface area contributed by atoms with E-state index in [0.29, 0.717) is 18.5 Å². The van der Waals surface area contributed by atoms with Crippen LogP contribution in [0.3, 0.4) is 0 Å². The fraction of sp³-hybridized carbons (Fsp3) is 0.250. The molecule has 2 heterocycles. The van der Waals surface area contributed by atoms with Crippen molar-refractivity contribution < 1.29 is 10.2 Å². The van der Waals surface area contributed by atoms with Gasteiger partial charge in [0.05, 0.1) is 12.1 Å². The van der Waals surface area contributed by atoms with Gasteiger partial charge in [-0.15, -0.1) is 0 Å². The predicted molar refractivity (Wildman–Crippen MR) is 123 cm³/mol. The Morgan fingerprint density at radius 2 is 1.71 bits per heavy atom. The van der Waals surface area contributed by atoms with Gasteiger partial charge < -0.3 is 20.4 Å². The molecule has 7 nitrogen and oxygen atoms in total. The fourth-order valence-corrected chi connectivity index (χ4v) is 3.67. The quantitative estimate of drug-likeness (QED) is 0.438. The van der Waals surface area contributed by atoms with Crippen LogP contribution in [-0.2, 0) is 6.54 Å². The molecular formula is C24H25N5O2. The monoisotopic (exact) mass is 415 g/mol. The molecule has 1 fully saturated rings. The zero-order valence-electron chi connectivity index (χ0n) is 17.6. The van der Waals surface area contributed by atoms with Crippen molar-refractivity contribution in [2.24, 2.45) is 0 Å². The molecule has 2 aromatic carbocycles. The summed E-state index contributed by atoms with van der Waals surface area (Å²) in [7, 11) is 3.89. The summed E-state index contributed by atoms with van der Waals surface area (Å²) in [5, 5.41) is 24.4. The highest BCUT2D eigenvalue weighted by Gasteiger charge is 2.23. The van der Waals surface area contributed by atoms with Crippen molar-refractivity contribution in [3.05, 3.63) is 60.2 Å². The summed E-state index contributed by atoms with van der Waals surface area (Å²) in [6.07, 6.45) is 2.34. The van der Waals surface area contributed by atoms with Crippen molar-refractivity contribution in [1.29, 1.82) is 0 Å². The van der Waals surface area contributed by atoms with E-state index in [1.807, 2.05) is 37.2 Å². The highest BCUT2D eigenvalue weighted by molar-refractivity contribution is 5.93. The van der Waals surface area contributed by atoms with Crippen LogP contribution in [0.1, 0.15) is 18.4 Å². The van der Waals surface area contributed by atoms with Gasteiger partial charge in [-0.2, -0.15) is 4.98 Å². The fourth-order valence-electron chi connectivity index (χ4n) is 3.67. The molecule has 2 aromatic heterocycles. The van der Waals surface area contributed by atoms with E-state index in [0.717, 1.165) is 33.4 Å². The first-order valence-electron chi connectivity index (χ1n) is 10.4. The Balaban J connectivity index is 1.53. The molecule has 0 radical (unpaired) electrons. The highest BCUT2D eigenvalue weighted by Crippen LogP contribution is 2.33. The van der Waals surface area contributed by atoms with E-state index < -0.39 is 0 Å². The number of aromatic hydroxyl groups is 2. The Bertz CT molecular complexity index is 1240. The lowest BCUT2D eigenvalue weighted by Crippen LogP contribution is -2.15. The number of hydrogen-bond donors (Lipinski definition) is 3. The average Bonchev–Trinajstić information content (AvgIpc) is 3.53. The second-order valence-electron chi connectivity index (χ2n) is 8.25. The molecule has 5 rings (SSSR count). The Morgan fingerprint density at radius 3 is 2.42 bits per heavy atom. The standard InChI is InChI=1S/C24H25N5O2/c1-28(2)24-26-20-9-6-17(13-19(20)23(27-24)25-18-7-8-18)16-5-3-4-15(12-16)14-29-21(30)10-11-22(29)31/h3-6,9-13,18,30-31H,7-8,14H2,1-2H3,(H,25,26,27). The molecule has 4 aromatic rings. The van der Waals surface area contributed by atoms with Gasteiger partial charge in [0.1, 0.15) is 5.82 Å². The minimum Gasteiger partial charge on any atom is -0.494 e. The minimum atomic E-state index is 0.0400. The SMILES string of the molecule is CN(C)c1nc(NC2CC2)c2cc(-c3cccc(Cn4c(O)ccc4O)c3)ccc2n1. The molecule has 1 aliphatic rings. The van der Waals surface area contributed by atoms with Crippen LogP contribution < -0.4 is 10.2 Å². The normalized spacial score (nSPS) is 13.5. The van der Waals surface area contributed by atoms with Gasteiger partial charge in [-0.3, -0.25) is 4.57 Å². The summed E-state index contributed by atoms with van der Waals surface area (Å²) >= 11 is 0. The van der Waals surface area contributed by atoms with E-state index in [1.165, 1.54) is 29.5 Å². The Hall–Kier alpha value is -3.74. The third kappa shape index (κ3) is 3.86. The number of anilines is 2. The van der Waals surface area contributed by atoms with Gasteiger partial charge >= 0.3 is 0 Å². The van der Waals surface area contributed by atoms with E-state index in [4.69, 9.17) is 9.97 Å². The van der Waals surface area contributed by atoms with Gasteiger partial charge in [0, 0.05) is 37.7 Å². The molecule has 31 heavy (non-hydrogen) atoms. The zero-order valence-corrected chi connectivity index (χ0v) is 17.6. The number of fused-ring (bicyclic) bond motifs is 1. The van der Waals surface area contributed by atoms with Crippen molar-refractivity contribution in [2.75, 3.05) is 24.3 Å². The summed E-state index contributed by atoms with van der Waals surface area (Å²) in [6, 6.07) is 17.8. The molecule has 1 saturated carbocycles. The summed E-state index contributed by atoms with van der Waals surface area (Å²) in [5.41, 5.74) is 4.01. The third-order valence-corrected chi connectivity index (χ3v) is 5.54.